The van der Waals surface area contributed by atoms with Crippen LogP contribution in [0.25, 0.3) is 38.8 Å². The summed E-state index contributed by atoms with van der Waals surface area (Å²) in [6, 6.07) is 77.3. The van der Waals surface area contributed by atoms with Crippen molar-refractivity contribution in [3.63, 3.8) is 0 Å². The van der Waals surface area contributed by atoms with E-state index in [1.54, 1.807) is 0 Å². The van der Waals surface area contributed by atoms with Crippen LogP contribution in [0.3, 0.4) is 0 Å². The number of aromatic nitrogens is 2. The zero-order valence-corrected chi connectivity index (χ0v) is 46.1. The maximum absolute atomic E-state index is 6.79. The molecule has 2 unspecified atom stereocenters. The monoisotopic (exact) mass is 1150 g/mol. The first-order chi connectivity index (χ1) is 35.2. The topological polar surface area (TPSA) is 33.5 Å². The van der Waals surface area contributed by atoms with Gasteiger partial charge < -0.3 is 19.1 Å². The third-order valence-corrected chi connectivity index (χ3v) is 15.9. The van der Waals surface area contributed by atoms with E-state index in [0.29, 0.717) is 11.5 Å². The minimum atomic E-state index is -0.407. The van der Waals surface area contributed by atoms with Crippen molar-refractivity contribution in [2.24, 2.45) is 11.8 Å². The van der Waals surface area contributed by atoms with Crippen molar-refractivity contribution in [2.45, 2.75) is 78.6 Å². The minimum Gasteiger partial charge on any atom is -0.509 e. The molecule has 0 amide bonds. The molecule has 0 aliphatic carbocycles. The van der Waals surface area contributed by atoms with Crippen molar-refractivity contribution < 1.29 is 25.8 Å². The molecule has 5 nitrogen and oxygen atoms in total. The third-order valence-electron chi connectivity index (χ3n) is 15.9. The van der Waals surface area contributed by atoms with Gasteiger partial charge in [-0.15, -0.1) is 48.1 Å². The van der Waals surface area contributed by atoms with E-state index in [0.717, 1.165) is 44.7 Å². The summed E-state index contributed by atoms with van der Waals surface area (Å²) in [5.41, 5.74) is 14.0. The summed E-state index contributed by atoms with van der Waals surface area (Å²) in [6.07, 6.45) is 1.91. The zero-order chi connectivity index (χ0) is 50.6. The van der Waals surface area contributed by atoms with Crippen molar-refractivity contribution in [1.29, 1.82) is 0 Å². The summed E-state index contributed by atoms with van der Waals surface area (Å²) >= 11 is 0. The summed E-state index contributed by atoms with van der Waals surface area (Å²) in [4.78, 5) is 9.63. The van der Waals surface area contributed by atoms with Gasteiger partial charge in [0.1, 0.15) is 5.82 Å². The van der Waals surface area contributed by atoms with Crippen molar-refractivity contribution in [3.05, 3.63) is 247 Å². The zero-order valence-electron chi connectivity index (χ0n) is 43.8. The van der Waals surface area contributed by atoms with E-state index in [2.05, 4.69) is 277 Å². The molecule has 0 bridgehead atoms. The number of nitrogens with zero attached hydrogens (tertiary/aromatic N) is 4. The predicted octanol–water partition coefficient (Wildman–Crippen LogP) is 17.9. The minimum absolute atomic E-state index is 0. The number of benzene rings is 8. The van der Waals surface area contributed by atoms with Crippen LogP contribution in [0.5, 0.6) is 11.5 Å². The number of pyridine rings is 1. The van der Waals surface area contributed by atoms with Crippen LogP contribution in [0.15, 0.2) is 200 Å². The van der Waals surface area contributed by atoms with Gasteiger partial charge in [-0.25, -0.2) is 4.98 Å². The van der Waals surface area contributed by atoms with E-state index in [-0.39, 0.29) is 38.3 Å². The molecule has 1 aliphatic heterocycles. The Morgan fingerprint density at radius 3 is 1.66 bits per heavy atom. The maximum Gasteiger partial charge on any atom is 0.135 e. The first-order valence-corrected chi connectivity index (χ1v) is 25.8. The fraction of sp³-hybridized carbons (Fsp3) is 0.206. The molecular weight excluding hydrogens is 1080 g/mol. The van der Waals surface area contributed by atoms with Crippen molar-refractivity contribution in [1.82, 2.24) is 9.55 Å². The Kier molecular flexibility index (Phi) is 13.5. The van der Waals surface area contributed by atoms with Crippen LogP contribution in [0.4, 0.5) is 22.7 Å². The Hall–Kier alpha value is -7.20. The van der Waals surface area contributed by atoms with E-state index < -0.39 is 10.8 Å². The van der Waals surface area contributed by atoms with E-state index in [1.807, 2.05) is 18.3 Å². The molecule has 0 radical (unpaired) electrons. The molecule has 0 saturated heterocycles. The number of ether oxygens (including phenoxy) is 1. The second-order valence-electron chi connectivity index (χ2n) is 21.7. The second-order valence-corrected chi connectivity index (χ2v) is 21.7. The summed E-state index contributed by atoms with van der Waals surface area (Å²) in [5, 5.41) is 2.23. The van der Waals surface area contributed by atoms with E-state index in [4.69, 9.17) is 9.72 Å². The van der Waals surface area contributed by atoms with Gasteiger partial charge in [0.15, 0.2) is 0 Å². The van der Waals surface area contributed by atoms with Crippen LogP contribution in [0.1, 0.15) is 90.1 Å². The molecule has 0 saturated carbocycles. The Balaban J connectivity index is 0.00000626. The quantitative estimate of drug-likeness (QED) is 0.114. The number of hydrogen-bond acceptors (Lipinski definition) is 4. The van der Waals surface area contributed by atoms with Gasteiger partial charge in [0.25, 0.3) is 0 Å². The number of para-hydroxylation sites is 3. The van der Waals surface area contributed by atoms with Gasteiger partial charge in [0.2, 0.25) is 0 Å². The van der Waals surface area contributed by atoms with E-state index >= 15 is 0 Å². The van der Waals surface area contributed by atoms with Gasteiger partial charge in [0, 0.05) is 72.2 Å². The predicted molar refractivity (Wildman–Crippen MR) is 304 cm³/mol. The standard InChI is InChI=1S/C68H63N4O.Pt/c1-46(2)67(8,50-26-15-11-16-27-50)58-40-49(48-24-13-10-14-25-48)41-59(68(9,47(3)4)51-28-17-12-18-29-51)65(58)71-45-70(61-34-21-22-35-62(61)71)53-30-23-31-54(43-53)73-55-36-37-57-56-32-19-20-33-60(56)72(63(57)44-55)64-42-52(38-39-69-64)66(5,6)7;/h10-42,45-47H,1-9H3;/q-3;. The average molecular weight is 1150 g/mol. The van der Waals surface area contributed by atoms with Crippen LogP contribution < -0.4 is 14.5 Å². The van der Waals surface area contributed by atoms with Gasteiger partial charge >= 0.3 is 0 Å². The van der Waals surface area contributed by atoms with E-state index in [9.17, 15) is 0 Å². The van der Waals surface area contributed by atoms with Crippen molar-refractivity contribution in [3.8, 4) is 28.4 Å². The molecule has 0 spiro atoms. The van der Waals surface area contributed by atoms with Crippen molar-refractivity contribution >= 4 is 44.6 Å². The summed E-state index contributed by atoms with van der Waals surface area (Å²) in [7, 11) is 0. The number of fused-ring (bicyclic) bond motifs is 4. The molecule has 0 N–H and O–H groups in total. The molecule has 2 atom stereocenters. The number of anilines is 4. The third kappa shape index (κ3) is 8.73. The molecule has 0 fully saturated rings. The van der Waals surface area contributed by atoms with Gasteiger partial charge in [-0.1, -0.05) is 189 Å². The van der Waals surface area contributed by atoms with Crippen molar-refractivity contribution in [2.75, 3.05) is 9.80 Å². The Bertz CT molecular complexity index is 3540. The first kappa shape index (κ1) is 50.3. The van der Waals surface area contributed by atoms with Crippen LogP contribution in [0, 0.1) is 30.6 Å². The molecule has 10 aromatic rings. The fourth-order valence-electron chi connectivity index (χ4n) is 11.1. The Morgan fingerprint density at radius 1 is 0.500 bits per heavy atom. The molecule has 2 aromatic heterocycles. The van der Waals surface area contributed by atoms with Gasteiger partial charge in [-0.2, -0.15) is 12.1 Å². The van der Waals surface area contributed by atoms with E-state index in [1.165, 1.54) is 44.6 Å². The Labute approximate surface area is 452 Å². The fourth-order valence-corrected chi connectivity index (χ4v) is 11.1. The molecule has 374 valence electrons. The van der Waals surface area contributed by atoms with Gasteiger partial charge in [-0.3, -0.25) is 0 Å². The molecule has 8 aromatic carbocycles. The van der Waals surface area contributed by atoms with Gasteiger partial charge in [0.05, 0.1) is 0 Å². The Morgan fingerprint density at radius 2 is 1.05 bits per heavy atom. The largest absolute Gasteiger partial charge is 0.509 e. The maximum atomic E-state index is 6.79. The van der Waals surface area contributed by atoms with Crippen LogP contribution >= 0.6 is 0 Å². The summed E-state index contributed by atoms with van der Waals surface area (Å²) in [6.45, 7) is 23.3. The molecule has 3 heterocycles. The second kappa shape index (κ2) is 19.9. The number of rotatable bonds is 12. The summed E-state index contributed by atoms with van der Waals surface area (Å²) in [5.74, 6) is 2.50. The summed E-state index contributed by atoms with van der Waals surface area (Å²) < 4.78 is 8.99. The van der Waals surface area contributed by atoms with Crippen LogP contribution in [-0.2, 0) is 37.3 Å². The van der Waals surface area contributed by atoms with Crippen LogP contribution in [0.2, 0.25) is 0 Å². The molecular formula is C68H63N4OPt-3. The average Bonchev–Trinajstić information content (AvgIpc) is 3.96. The first-order valence-electron chi connectivity index (χ1n) is 25.8. The smallest absolute Gasteiger partial charge is 0.135 e. The van der Waals surface area contributed by atoms with Crippen LogP contribution in [-0.4, -0.2) is 9.55 Å². The molecule has 1 aliphatic rings. The number of hydrogen-bond donors (Lipinski definition) is 0. The molecule has 11 rings (SSSR count). The SMILES string of the molecule is CC(C)C(C)(c1ccccc1)c1cc(-c2ccccc2)cc(C(C)(c2ccccc2)C(C)C)c1N1[CH-]N(c2[c-]c(Oc3[c-]c4c(cc3)c3ccccc3n4-c3cc(C(C)(C)C)ccn3)ccc2)c2ccccc21.[Pt]. The van der Waals surface area contributed by atoms with Gasteiger partial charge in [-0.05, 0) is 104 Å². The molecule has 74 heavy (non-hydrogen) atoms. The normalized spacial score (nSPS) is 14.3. The molecule has 6 heteroatoms.